The topological polar surface area (TPSA) is 91.6 Å². The van der Waals surface area contributed by atoms with Crippen LogP contribution in [-0.2, 0) is 11.3 Å². The van der Waals surface area contributed by atoms with Gasteiger partial charge < -0.3 is 20.2 Å². The molecule has 6 nitrogen and oxygen atoms in total. The molecule has 0 spiro atoms. The third-order valence-corrected chi connectivity index (χ3v) is 2.44. The lowest BCUT2D eigenvalue weighted by Gasteiger charge is -2.08. The molecule has 0 aliphatic carbocycles. The Morgan fingerprint density at radius 1 is 1.42 bits per heavy atom. The Labute approximate surface area is 112 Å². The summed E-state index contributed by atoms with van der Waals surface area (Å²) < 4.78 is 5.18. The summed E-state index contributed by atoms with van der Waals surface area (Å²) in [5.74, 6) is -0.557. The summed E-state index contributed by atoms with van der Waals surface area (Å²) in [6.45, 7) is 6.42. The highest BCUT2D eigenvalue weighted by Crippen LogP contribution is 2.14. The van der Waals surface area contributed by atoms with Gasteiger partial charge in [0.05, 0.1) is 6.54 Å². The normalized spacial score (nSPS) is 10.7. The second-order valence-corrected chi connectivity index (χ2v) is 4.68. The van der Waals surface area contributed by atoms with Crippen LogP contribution in [0.5, 0.6) is 0 Å². The van der Waals surface area contributed by atoms with Crippen molar-refractivity contribution in [3.8, 4) is 0 Å². The van der Waals surface area contributed by atoms with Crippen LogP contribution in [0.25, 0.3) is 0 Å². The van der Waals surface area contributed by atoms with Crippen LogP contribution >= 0.6 is 0 Å². The van der Waals surface area contributed by atoms with Gasteiger partial charge >= 0.3 is 5.97 Å². The lowest BCUT2D eigenvalue weighted by atomic mass is 10.2. The van der Waals surface area contributed by atoms with Crippen LogP contribution in [0.2, 0.25) is 0 Å². The molecule has 0 fully saturated rings. The van der Waals surface area contributed by atoms with Crippen LogP contribution in [-0.4, -0.2) is 29.6 Å². The lowest BCUT2D eigenvalue weighted by Crippen LogP contribution is -2.32. The zero-order valence-corrected chi connectivity index (χ0v) is 11.4. The van der Waals surface area contributed by atoms with Gasteiger partial charge in [-0.1, -0.05) is 0 Å². The number of aromatic carboxylic acids is 1. The number of furan rings is 1. The number of aryl methyl sites for hydroxylation is 1. The number of carboxylic acid groups (broad SMARTS) is 1. The first-order valence-electron chi connectivity index (χ1n) is 6.23. The molecule has 0 aromatic carbocycles. The van der Waals surface area contributed by atoms with E-state index in [-0.39, 0.29) is 17.7 Å². The minimum Gasteiger partial charge on any atom is -0.475 e. The van der Waals surface area contributed by atoms with Gasteiger partial charge in [-0.15, -0.1) is 0 Å². The van der Waals surface area contributed by atoms with Gasteiger partial charge in [0, 0.05) is 24.6 Å². The molecule has 0 saturated heterocycles. The molecule has 0 bridgehead atoms. The number of carbonyl (C=O) groups excluding carboxylic acids is 1. The number of carbonyl (C=O) groups is 2. The maximum absolute atomic E-state index is 11.4. The highest BCUT2D eigenvalue weighted by atomic mass is 16.4. The van der Waals surface area contributed by atoms with E-state index in [0.29, 0.717) is 30.8 Å². The quantitative estimate of drug-likeness (QED) is 0.648. The van der Waals surface area contributed by atoms with Gasteiger partial charge in [0.15, 0.2) is 0 Å². The van der Waals surface area contributed by atoms with Gasteiger partial charge in [-0.25, -0.2) is 4.79 Å². The van der Waals surface area contributed by atoms with Crippen LogP contribution in [0.4, 0.5) is 0 Å². The molecular weight excluding hydrogens is 248 g/mol. The van der Waals surface area contributed by atoms with E-state index < -0.39 is 5.97 Å². The summed E-state index contributed by atoms with van der Waals surface area (Å²) in [6.07, 6.45) is 0.379. The van der Waals surface area contributed by atoms with Gasteiger partial charge in [0.1, 0.15) is 5.76 Å². The second-order valence-electron chi connectivity index (χ2n) is 4.68. The average molecular weight is 268 g/mol. The number of hydrogen-bond acceptors (Lipinski definition) is 4. The monoisotopic (exact) mass is 268 g/mol. The van der Waals surface area contributed by atoms with Gasteiger partial charge in [-0.2, -0.15) is 0 Å². The molecule has 3 N–H and O–H groups in total. The molecule has 0 atom stereocenters. The lowest BCUT2D eigenvalue weighted by molar-refractivity contribution is -0.121. The number of carboxylic acids is 1. The Kier molecular flexibility index (Phi) is 5.57. The molecule has 1 heterocycles. The zero-order chi connectivity index (χ0) is 14.4. The maximum atomic E-state index is 11.4. The molecule has 0 radical (unpaired) electrons. The molecule has 106 valence electrons. The van der Waals surface area contributed by atoms with Crippen LogP contribution in [0.15, 0.2) is 10.5 Å². The summed E-state index contributed by atoms with van der Waals surface area (Å²) in [5, 5.41) is 14.7. The molecule has 0 aliphatic rings. The highest BCUT2D eigenvalue weighted by molar-refractivity contribution is 5.86. The van der Waals surface area contributed by atoms with Gasteiger partial charge in [-0.3, -0.25) is 4.79 Å². The van der Waals surface area contributed by atoms with E-state index in [9.17, 15) is 9.59 Å². The number of hydrogen-bond donors (Lipinski definition) is 3. The third kappa shape index (κ3) is 5.13. The Balaban J connectivity index is 2.32. The highest BCUT2D eigenvalue weighted by Gasteiger charge is 2.13. The van der Waals surface area contributed by atoms with Crippen molar-refractivity contribution in [1.29, 1.82) is 0 Å². The summed E-state index contributed by atoms with van der Waals surface area (Å²) >= 11 is 0. The van der Waals surface area contributed by atoms with E-state index >= 15 is 0 Å². The van der Waals surface area contributed by atoms with Crippen LogP contribution in [0.3, 0.4) is 0 Å². The SMILES string of the molecule is Cc1cc(CNCCC(=O)NC(C)C)oc1C(=O)O. The van der Waals surface area contributed by atoms with Crippen molar-refractivity contribution in [2.75, 3.05) is 6.54 Å². The molecule has 19 heavy (non-hydrogen) atoms. The standard InChI is InChI=1S/C13H20N2O4/c1-8(2)15-11(16)4-5-14-7-10-6-9(3)12(19-10)13(17)18/h6,8,14H,4-5,7H2,1-3H3,(H,15,16)(H,17,18). The molecule has 1 amide bonds. The van der Waals surface area contributed by atoms with E-state index in [0.717, 1.165) is 0 Å². The maximum Gasteiger partial charge on any atom is 0.372 e. The predicted octanol–water partition coefficient (Wildman–Crippen LogP) is 1.29. The number of rotatable bonds is 7. The molecule has 6 heteroatoms. The van der Waals surface area contributed by atoms with Crippen molar-refractivity contribution < 1.29 is 19.1 Å². The largest absolute Gasteiger partial charge is 0.475 e. The van der Waals surface area contributed by atoms with E-state index in [4.69, 9.17) is 9.52 Å². The van der Waals surface area contributed by atoms with Crippen molar-refractivity contribution in [1.82, 2.24) is 10.6 Å². The van der Waals surface area contributed by atoms with Crippen LogP contribution in [0.1, 0.15) is 42.1 Å². The van der Waals surface area contributed by atoms with Gasteiger partial charge in [0.25, 0.3) is 0 Å². The molecule has 1 rings (SSSR count). The van der Waals surface area contributed by atoms with Crippen molar-refractivity contribution in [2.24, 2.45) is 0 Å². The summed E-state index contributed by atoms with van der Waals surface area (Å²) in [7, 11) is 0. The van der Waals surface area contributed by atoms with E-state index in [1.807, 2.05) is 13.8 Å². The molecule has 0 saturated carbocycles. The van der Waals surface area contributed by atoms with E-state index in [1.54, 1.807) is 13.0 Å². The fourth-order valence-electron chi connectivity index (χ4n) is 1.66. The Bertz CT molecular complexity index is 451. The first-order valence-corrected chi connectivity index (χ1v) is 6.23. The first kappa shape index (κ1) is 15.2. The van der Waals surface area contributed by atoms with Gasteiger partial charge in [-0.05, 0) is 26.8 Å². The summed E-state index contributed by atoms with van der Waals surface area (Å²) in [4.78, 5) is 22.2. The number of amides is 1. The van der Waals surface area contributed by atoms with Crippen molar-refractivity contribution in [3.63, 3.8) is 0 Å². The number of nitrogens with one attached hydrogen (secondary N) is 2. The van der Waals surface area contributed by atoms with E-state index in [1.165, 1.54) is 0 Å². The zero-order valence-electron chi connectivity index (χ0n) is 11.4. The third-order valence-electron chi connectivity index (χ3n) is 2.44. The van der Waals surface area contributed by atoms with Crippen molar-refractivity contribution in [2.45, 2.75) is 39.8 Å². The Morgan fingerprint density at radius 3 is 2.63 bits per heavy atom. The molecule has 1 aromatic heterocycles. The minimum atomic E-state index is -1.07. The van der Waals surface area contributed by atoms with Crippen molar-refractivity contribution in [3.05, 3.63) is 23.2 Å². The summed E-state index contributed by atoms with van der Waals surface area (Å²) in [6, 6.07) is 1.82. The second kappa shape index (κ2) is 6.94. The predicted molar refractivity (Wildman–Crippen MR) is 70.0 cm³/mol. The van der Waals surface area contributed by atoms with Crippen LogP contribution in [0, 0.1) is 6.92 Å². The fourth-order valence-corrected chi connectivity index (χ4v) is 1.66. The molecule has 1 aromatic rings. The Hall–Kier alpha value is -1.82. The summed E-state index contributed by atoms with van der Waals surface area (Å²) in [5.41, 5.74) is 0.599. The van der Waals surface area contributed by atoms with Crippen molar-refractivity contribution >= 4 is 11.9 Å². The van der Waals surface area contributed by atoms with Gasteiger partial charge in [0.2, 0.25) is 11.7 Å². The fraction of sp³-hybridized carbons (Fsp3) is 0.538. The smallest absolute Gasteiger partial charge is 0.372 e. The van der Waals surface area contributed by atoms with Crippen LogP contribution < -0.4 is 10.6 Å². The molecular formula is C13H20N2O4. The Morgan fingerprint density at radius 2 is 2.11 bits per heavy atom. The molecule has 0 aliphatic heterocycles. The first-order chi connectivity index (χ1) is 8.90. The van der Waals surface area contributed by atoms with E-state index in [2.05, 4.69) is 10.6 Å². The average Bonchev–Trinajstić information content (AvgIpc) is 2.65. The minimum absolute atomic E-state index is 0.00986. The molecule has 0 unspecified atom stereocenters.